The fourth-order valence-corrected chi connectivity index (χ4v) is 3.94. The van der Waals surface area contributed by atoms with Crippen molar-refractivity contribution in [3.63, 3.8) is 0 Å². The van der Waals surface area contributed by atoms with Crippen LogP contribution >= 0.6 is 0 Å². The summed E-state index contributed by atoms with van der Waals surface area (Å²) in [6.45, 7) is 3.96. The Morgan fingerprint density at radius 3 is 2.44 bits per heavy atom. The molecule has 1 saturated heterocycles. The summed E-state index contributed by atoms with van der Waals surface area (Å²) >= 11 is 0. The van der Waals surface area contributed by atoms with Crippen LogP contribution in [0.15, 0.2) is 30.3 Å². The van der Waals surface area contributed by atoms with Crippen molar-refractivity contribution >= 4 is 0 Å². The zero-order valence-electron chi connectivity index (χ0n) is 11.2. The second-order valence-corrected chi connectivity index (χ2v) is 5.91. The van der Waals surface area contributed by atoms with Gasteiger partial charge in [0, 0.05) is 24.2 Å². The lowest BCUT2D eigenvalue weighted by atomic mass is 9.66. The molecule has 2 N–H and O–H groups in total. The van der Waals surface area contributed by atoms with Crippen LogP contribution in [0.4, 0.5) is 0 Å². The van der Waals surface area contributed by atoms with Crippen molar-refractivity contribution in [3.05, 3.63) is 35.9 Å². The largest absolute Gasteiger partial charge is 0.381 e. The van der Waals surface area contributed by atoms with Crippen LogP contribution in [0.25, 0.3) is 0 Å². The summed E-state index contributed by atoms with van der Waals surface area (Å²) in [4.78, 5) is 0. The summed E-state index contributed by atoms with van der Waals surface area (Å²) in [5.74, 6) is 0.691. The third kappa shape index (κ3) is 1.63. The van der Waals surface area contributed by atoms with Crippen molar-refractivity contribution in [2.24, 2.45) is 11.7 Å². The van der Waals surface area contributed by atoms with Crippen LogP contribution in [0.1, 0.15) is 38.2 Å². The van der Waals surface area contributed by atoms with Gasteiger partial charge in [0.15, 0.2) is 0 Å². The Bertz CT molecular complexity index is 410. The molecule has 2 nitrogen and oxygen atoms in total. The van der Waals surface area contributed by atoms with E-state index in [1.807, 2.05) is 0 Å². The molecule has 1 aliphatic heterocycles. The first-order chi connectivity index (χ1) is 8.73. The molecule has 98 valence electrons. The van der Waals surface area contributed by atoms with Gasteiger partial charge in [-0.2, -0.15) is 0 Å². The molecule has 2 heteroatoms. The maximum atomic E-state index is 6.79. The van der Waals surface area contributed by atoms with Gasteiger partial charge in [-0.15, -0.1) is 0 Å². The summed E-state index contributed by atoms with van der Waals surface area (Å²) in [6.07, 6.45) is 4.53. The Morgan fingerprint density at radius 2 is 1.89 bits per heavy atom. The molecular weight excluding hydrogens is 222 g/mol. The summed E-state index contributed by atoms with van der Waals surface area (Å²) in [6, 6.07) is 10.9. The van der Waals surface area contributed by atoms with Crippen LogP contribution in [0.5, 0.6) is 0 Å². The van der Waals surface area contributed by atoms with Gasteiger partial charge in [-0.25, -0.2) is 0 Å². The minimum Gasteiger partial charge on any atom is -0.381 e. The van der Waals surface area contributed by atoms with E-state index in [1.54, 1.807) is 0 Å². The van der Waals surface area contributed by atoms with E-state index in [1.165, 1.54) is 18.4 Å². The van der Waals surface area contributed by atoms with Gasteiger partial charge in [-0.1, -0.05) is 43.7 Å². The molecule has 0 amide bonds. The summed E-state index contributed by atoms with van der Waals surface area (Å²) < 4.78 is 5.58. The summed E-state index contributed by atoms with van der Waals surface area (Å²) in [7, 11) is 0. The second kappa shape index (κ2) is 4.36. The highest BCUT2D eigenvalue weighted by Gasteiger charge is 2.63. The molecule has 0 aromatic heterocycles. The zero-order valence-corrected chi connectivity index (χ0v) is 11.2. The minimum atomic E-state index is 0.00683. The van der Waals surface area contributed by atoms with Crippen LogP contribution in [0.2, 0.25) is 0 Å². The number of hydrogen-bond donors (Lipinski definition) is 1. The monoisotopic (exact) mass is 245 g/mol. The van der Waals surface area contributed by atoms with Gasteiger partial charge < -0.3 is 10.5 Å². The number of ether oxygens (including phenoxy) is 1. The van der Waals surface area contributed by atoms with E-state index in [9.17, 15) is 0 Å². The first kappa shape index (κ1) is 12.2. The molecule has 1 aliphatic carbocycles. The molecular formula is C16H23NO. The van der Waals surface area contributed by atoms with E-state index >= 15 is 0 Å². The number of hydrogen-bond acceptors (Lipinski definition) is 2. The van der Waals surface area contributed by atoms with Crippen molar-refractivity contribution < 1.29 is 4.74 Å². The van der Waals surface area contributed by atoms with Gasteiger partial charge in [0.05, 0.1) is 0 Å². The highest BCUT2D eigenvalue weighted by Crippen LogP contribution is 2.59. The minimum absolute atomic E-state index is 0.00683. The van der Waals surface area contributed by atoms with Crippen LogP contribution in [-0.2, 0) is 10.2 Å². The van der Waals surface area contributed by atoms with Crippen molar-refractivity contribution in [1.82, 2.24) is 0 Å². The lowest BCUT2D eigenvalue weighted by Crippen LogP contribution is -2.52. The number of benzene rings is 1. The molecule has 2 fully saturated rings. The zero-order chi connectivity index (χ0) is 12.6. The van der Waals surface area contributed by atoms with Gasteiger partial charge >= 0.3 is 0 Å². The molecule has 18 heavy (non-hydrogen) atoms. The number of rotatable bonds is 3. The van der Waals surface area contributed by atoms with Gasteiger partial charge in [0.25, 0.3) is 0 Å². The van der Waals surface area contributed by atoms with Gasteiger partial charge in [-0.3, -0.25) is 0 Å². The fourth-order valence-electron chi connectivity index (χ4n) is 3.94. The van der Waals surface area contributed by atoms with E-state index in [-0.39, 0.29) is 11.0 Å². The first-order valence-electron chi connectivity index (χ1n) is 7.15. The van der Waals surface area contributed by atoms with Crippen molar-refractivity contribution in [2.45, 2.75) is 43.6 Å². The van der Waals surface area contributed by atoms with Crippen molar-refractivity contribution in [1.29, 1.82) is 0 Å². The molecule has 1 saturated carbocycles. The van der Waals surface area contributed by atoms with Crippen molar-refractivity contribution in [2.75, 3.05) is 13.2 Å². The summed E-state index contributed by atoms with van der Waals surface area (Å²) in [5, 5.41) is 0. The maximum Gasteiger partial charge on any atom is 0.0475 e. The standard InChI is InChI=1S/C16H23NO/c1-2-13-12-16(13,17)15(8-10-18-11-9-15)14-6-4-3-5-7-14/h3-7,13H,2,8-12,17H2,1H3. The molecule has 0 radical (unpaired) electrons. The Kier molecular flexibility index (Phi) is 2.95. The predicted octanol–water partition coefficient (Wildman–Crippen LogP) is 2.86. The van der Waals surface area contributed by atoms with E-state index in [2.05, 4.69) is 37.3 Å². The highest BCUT2D eigenvalue weighted by atomic mass is 16.5. The third-order valence-corrected chi connectivity index (χ3v) is 5.21. The van der Waals surface area contributed by atoms with E-state index in [4.69, 9.17) is 10.5 Å². The maximum absolute atomic E-state index is 6.79. The average Bonchev–Trinajstić information content (AvgIpc) is 3.13. The van der Waals surface area contributed by atoms with Crippen LogP contribution in [-0.4, -0.2) is 18.8 Å². The molecule has 1 heterocycles. The third-order valence-electron chi connectivity index (χ3n) is 5.21. The lowest BCUT2D eigenvalue weighted by Gasteiger charge is -2.44. The Hall–Kier alpha value is -0.860. The van der Waals surface area contributed by atoms with Gasteiger partial charge in [0.1, 0.15) is 0 Å². The SMILES string of the molecule is CCC1CC1(N)C1(c2ccccc2)CCOCC1. The average molecular weight is 245 g/mol. The molecule has 0 spiro atoms. The highest BCUT2D eigenvalue weighted by molar-refractivity contribution is 5.36. The molecule has 3 rings (SSSR count). The van der Waals surface area contributed by atoms with Gasteiger partial charge in [0.2, 0.25) is 0 Å². The second-order valence-electron chi connectivity index (χ2n) is 5.91. The van der Waals surface area contributed by atoms with Crippen LogP contribution in [0.3, 0.4) is 0 Å². The Morgan fingerprint density at radius 1 is 1.22 bits per heavy atom. The molecule has 0 bridgehead atoms. The molecule has 1 aromatic rings. The van der Waals surface area contributed by atoms with E-state index in [0.717, 1.165) is 26.1 Å². The normalized spacial score (nSPS) is 34.2. The molecule has 2 atom stereocenters. The smallest absolute Gasteiger partial charge is 0.0475 e. The molecule has 2 unspecified atom stereocenters. The Balaban J connectivity index is 2.00. The predicted molar refractivity (Wildman–Crippen MR) is 73.5 cm³/mol. The topological polar surface area (TPSA) is 35.2 Å². The summed E-state index contributed by atoms with van der Waals surface area (Å²) in [5.41, 5.74) is 8.36. The van der Waals surface area contributed by atoms with Gasteiger partial charge in [-0.05, 0) is 30.7 Å². The number of nitrogens with two attached hydrogens (primary N) is 1. The van der Waals surface area contributed by atoms with E-state index < -0.39 is 0 Å². The molecule has 1 aromatic carbocycles. The van der Waals surface area contributed by atoms with E-state index in [0.29, 0.717) is 5.92 Å². The lowest BCUT2D eigenvalue weighted by molar-refractivity contribution is 0.0331. The quantitative estimate of drug-likeness (QED) is 0.888. The first-order valence-corrected chi connectivity index (χ1v) is 7.15. The fraction of sp³-hybridized carbons (Fsp3) is 0.625. The van der Waals surface area contributed by atoms with Crippen molar-refractivity contribution in [3.8, 4) is 0 Å². The molecule has 2 aliphatic rings. The van der Waals surface area contributed by atoms with Crippen LogP contribution < -0.4 is 5.73 Å². The Labute approximate surface area is 110 Å². The van der Waals surface area contributed by atoms with Crippen LogP contribution in [0, 0.1) is 5.92 Å².